The fourth-order valence-electron chi connectivity index (χ4n) is 0.816. The lowest BCUT2D eigenvalue weighted by Crippen LogP contribution is -2.41. The Hall–Kier alpha value is -1.56. The van der Waals surface area contributed by atoms with Gasteiger partial charge in [-0.05, 0) is 19.1 Å². The minimum Gasteiger partial charge on any atom is -0.370 e. The molecule has 0 aliphatic rings. The maximum Gasteiger partial charge on any atom is 0.201 e. The van der Waals surface area contributed by atoms with E-state index in [0.29, 0.717) is 0 Å². The average Bonchev–Trinajstić information content (AvgIpc) is 2.50. The van der Waals surface area contributed by atoms with Crippen LogP contribution in [-0.2, 0) is 0 Å². The number of hydrogen-bond donors (Lipinski definition) is 3. The van der Waals surface area contributed by atoms with Crippen molar-refractivity contribution in [2.45, 2.75) is 6.92 Å². The van der Waals surface area contributed by atoms with Gasteiger partial charge in [-0.2, -0.15) is 0 Å². The Labute approximate surface area is 86.6 Å². The molecule has 0 aliphatic heterocycles. The Kier molecular flexibility index (Phi) is 3.47. The molecule has 1 aromatic heterocycles. The molecule has 1 rings (SSSR count). The van der Waals surface area contributed by atoms with Crippen molar-refractivity contribution in [1.82, 2.24) is 5.32 Å². The molecule has 0 aliphatic carbocycles. The van der Waals surface area contributed by atoms with Crippen molar-refractivity contribution >= 4 is 28.3 Å². The standard InChI is InChI=1S/C8H13N5S/c1-5-3-4-6(14-5)12-8(10)13-7(9)11-2/h3-4H,1-2H3,(H5,9,10,11,12,13). The predicted octanol–water partition coefficient (Wildman–Crippen LogP) is 0.537. The van der Waals surface area contributed by atoms with Crippen molar-refractivity contribution in [2.75, 3.05) is 7.05 Å². The summed E-state index contributed by atoms with van der Waals surface area (Å²) in [5, 5.41) is 3.49. The van der Waals surface area contributed by atoms with Crippen LogP contribution >= 0.6 is 11.3 Å². The number of aliphatic imine (C=N–C) groups is 2. The summed E-state index contributed by atoms with van der Waals surface area (Å²) in [4.78, 5) is 9.00. The molecule has 0 unspecified atom stereocenters. The number of nitrogens with two attached hydrogens (primary N) is 2. The van der Waals surface area contributed by atoms with E-state index in [2.05, 4.69) is 15.3 Å². The zero-order valence-electron chi connectivity index (χ0n) is 8.11. The lowest BCUT2D eigenvalue weighted by Gasteiger charge is -2.01. The molecule has 5 nitrogen and oxygen atoms in total. The van der Waals surface area contributed by atoms with Crippen LogP contribution in [0.25, 0.3) is 0 Å². The zero-order chi connectivity index (χ0) is 10.6. The molecule has 1 aromatic rings. The topological polar surface area (TPSA) is 88.8 Å². The summed E-state index contributed by atoms with van der Waals surface area (Å²) in [6, 6.07) is 3.88. The third-order valence-electron chi connectivity index (χ3n) is 1.45. The number of nitrogens with one attached hydrogen (secondary N) is 1. The Bertz CT molecular complexity index is 366. The van der Waals surface area contributed by atoms with E-state index in [1.807, 2.05) is 19.1 Å². The first-order valence-corrected chi connectivity index (χ1v) is 4.83. The minimum absolute atomic E-state index is 0.245. The van der Waals surface area contributed by atoms with Gasteiger partial charge >= 0.3 is 0 Å². The van der Waals surface area contributed by atoms with E-state index in [1.165, 1.54) is 4.88 Å². The second-order valence-electron chi connectivity index (χ2n) is 2.62. The highest BCUT2D eigenvalue weighted by molar-refractivity contribution is 7.15. The number of aryl methyl sites for hydroxylation is 1. The summed E-state index contributed by atoms with van der Waals surface area (Å²) < 4.78 is 0. The number of guanidine groups is 2. The minimum atomic E-state index is 0.245. The van der Waals surface area contributed by atoms with Crippen molar-refractivity contribution in [3.63, 3.8) is 0 Å². The van der Waals surface area contributed by atoms with Crippen LogP contribution in [0.5, 0.6) is 0 Å². The molecule has 0 radical (unpaired) electrons. The highest BCUT2D eigenvalue weighted by atomic mass is 32.1. The smallest absolute Gasteiger partial charge is 0.201 e. The summed E-state index contributed by atoms with van der Waals surface area (Å²) in [6.07, 6.45) is 0. The van der Waals surface area contributed by atoms with E-state index >= 15 is 0 Å². The van der Waals surface area contributed by atoms with Gasteiger partial charge in [-0.25, -0.2) is 4.99 Å². The van der Waals surface area contributed by atoms with E-state index in [4.69, 9.17) is 11.5 Å². The quantitative estimate of drug-likeness (QED) is 0.468. The molecule has 5 N–H and O–H groups in total. The van der Waals surface area contributed by atoms with Gasteiger partial charge in [-0.15, -0.1) is 11.3 Å². The van der Waals surface area contributed by atoms with Gasteiger partial charge in [0.05, 0.1) is 0 Å². The van der Waals surface area contributed by atoms with E-state index in [9.17, 15) is 0 Å². The Morgan fingerprint density at radius 1 is 1.36 bits per heavy atom. The molecule has 0 amide bonds. The van der Waals surface area contributed by atoms with Gasteiger partial charge in [-0.1, -0.05) is 0 Å². The van der Waals surface area contributed by atoms with Gasteiger partial charge < -0.3 is 11.5 Å². The number of hydrogen-bond acceptors (Lipinski definition) is 3. The van der Waals surface area contributed by atoms with Gasteiger partial charge in [0.25, 0.3) is 0 Å². The normalized spacial score (nSPS) is 13.0. The summed E-state index contributed by atoms with van der Waals surface area (Å²) in [5.41, 5.74) is 11.0. The highest BCUT2D eigenvalue weighted by Gasteiger charge is 1.97. The Morgan fingerprint density at radius 2 is 2.07 bits per heavy atom. The van der Waals surface area contributed by atoms with Gasteiger partial charge in [0.2, 0.25) is 5.96 Å². The van der Waals surface area contributed by atoms with Gasteiger partial charge in [0, 0.05) is 11.9 Å². The summed E-state index contributed by atoms with van der Waals surface area (Å²) in [6.45, 7) is 2.01. The largest absolute Gasteiger partial charge is 0.370 e. The first-order valence-electron chi connectivity index (χ1n) is 4.01. The summed E-state index contributed by atoms with van der Waals surface area (Å²) >= 11 is 1.56. The molecule has 0 aromatic carbocycles. The van der Waals surface area contributed by atoms with Gasteiger partial charge in [0.15, 0.2) is 5.96 Å². The van der Waals surface area contributed by atoms with Crippen LogP contribution < -0.4 is 16.8 Å². The molecule has 1 heterocycles. The average molecular weight is 211 g/mol. The van der Waals surface area contributed by atoms with E-state index < -0.39 is 0 Å². The molecule has 6 heteroatoms. The van der Waals surface area contributed by atoms with Gasteiger partial charge in [-0.3, -0.25) is 10.3 Å². The molecule has 0 saturated heterocycles. The van der Waals surface area contributed by atoms with Crippen molar-refractivity contribution in [1.29, 1.82) is 0 Å². The van der Waals surface area contributed by atoms with E-state index in [0.717, 1.165) is 5.00 Å². The first-order chi connectivity index (χ1) is 6.61. The SMILES string of the molecule is CN=C(N)NC(N)=Nc1ccc(C)s1. The van der Waals surface area contributed by atoms with Crippen LogP contribution in [0.15, 0.2) is 22.1 Å². The lowest BCUT2D eigenvalue weighted by atomic mass is 10.5. The van der Waals surface area contributed by atoms with Crippen molar-refractivity contribution in [2.24, 2.45) is 21.5 Å². The van der Waals surface area contributed by atoms with E-state index in [1.54, 1.807) is 18.4 Å². The second-order valence-corrected chi connectivity index (χ2v) is 3.88. The number of rotatable bonds is 1. The maximum absolute atomic E-state index is 5.58. The van der Waals surface area contributed by atoms with Crippen LogP contribution in [0.2, 0.25) is 0 Å². The Morgan fingerprint density at radius 3 is 2.57 bits per heavy atom. The second kappa shape index (κ2) is 4.61. The summed E-state index contributed by atoms with van der Waals surface area (Å²) in [7, 11) is 1.57. The summed E-state index contributed by atoms with van der Waals surface area (Å²) in [5.74, 6) is 0.495. The van der Waals surface area contributed by atoms with E-state index in [-0.39, 0.29) is 11.9 Å². The fourth-order valence-corrected chi connectivity index (χ4v) is 1.56. The van der Waals surface area contributed by atoms with Crippen molar-refractivity contribution in [3.8, 4) is 0 Å². The molecule has 14 heavy (non-hydrogen) atoms. The number of thiophene rings is 1. The van der Waals surface area contributed by atoms with Crippen LogP contribution in [0.4, 0.5) is 5.00 Å². The molecule has 0 spiro atoms. The van der Waals surface area contributed by atoms with Crippen molar-refractivity contribution < 1.29 is 0 Å². The molecular weight excluding hydrogens is 198 g/mol. The highest BCUT2D eigenvalue weighted by Crippen LogP contribution is 2.23. The van der Waals surface area contributed by atoms with Crippen molar-refractivity contribution in [3.05, 3.63) is 17.0 Å². The van der Waals surface area contributed by atoms with Crippen LogP contribution in [-0.4, -0.2) is 19.0 Å². The predicted molar refractivity (Wildman–Crippen MR) is 61.0 cm³/mol. The molecule has 0 saturated carbocycles. The van der Waals surface area contributed by atoms with Crippen LogP contribution in [0.3, 0.4) is 0 Å². The van der Waals surface area contributed by atoms with Crippen LogP contribution in [0, 0.1) is 6.92 Å². The fraction of sp³-hybridized carbons (Fsp3) is 0.250. The first kappa shape index (κ1) is 10.5. The molecule has 0 atom stereocenters. The Balaban J connectivity index is 2.69. The maximum atomic E-state index is 5.58. The molecule has 76 valence electrons. The number of nitrogens with zero attached hydrogens (tertiary/aromatic N) is 2. The third-order valence-corrected chi connectivity index (χ3v) is 2.35. The monoisotopic (exact) mass is 211 g/mol. The molecular formula is C8H13N5S. The van der Waals surface area contributed by atoms with Crippen LogP contribution in [0.1, 0.15) is 4.88 Å². The third kappa shape index (κ3) is 3.06. The van der Waals surface area contributed by atoms with Gasteiger partial charge in [0.1, 0.15) is 5.00 Å². The zero-order valence-corrected chi connectivity index (χ0v) is 8.93. The molecule has 0 fully saturated rings. The molecule has 0 bridgehead atoms. The lowest BCUT2D eigenvalue weighted by molar-refractivity contribution is 1.21.